The average molecular weight is 538 g/mol. The second kappa shape index (κ2) is 14.1. The summed E-state index contributed by atoms with van der Waals surface area (Å²) < 4.78 is 31.3. The molecule has 0 fully saturated rings. The van der Waals surface area contributed by atoms with Crippen molar-refractivity contribution in [3.8, 4) is 5.75 Å². The van der Waals surface area contributed by atoms with E-state index in [0.717, 1.165) is 24.7 Å². The zero-order valence-electron chi connectivity index (χ0n) is 21.4. The molecule has 1 atom stereocenters. The van der Waals surface area contributed by atoms with Gasteiger partial charge in [0.15, 0.2) is 0 Å². The molecule has 2 aromatic rings. The Hall–Kier alpha value is -2.78. The largest absolute Gasteiger partial charge is 0.495 e. The summed E-state index contributed by atoms with van der Waals surface area (Å²) in [5, 5.41) is 3.18. The summed E-state index contributed by atoms with van der Waals surface area (Å²) in [6, 6.07) is 13.5. The first kappa shape index (κ1) is 29.5. The van der Waals surface area contributed by atoms with E-state index in [0.29, 0.717) is 18.0 Å². The number of carbonyl (C=O) groups is 2. The number of nitrogens with zero attached hydrogens (tertiary/aromatic N) is 2. The van der Waals surface area contributed by atoms with Crippen molar-refractivity contribution in [1.29, 1.82) is 0 Å². The van der Waals surface area contributed by atoms with Crippen molar-refractivity contribution in [2.75, 3.05) is 30.8 Å². The van der Waals surface area contributed by atoms with Gasteiger partial charge in [-0.3, -0.25) is 13.9 Å². The summed E-state index contributed by atoms with van der Waals surface area (Å²) in [6.45, 7) is 4.68. The summed E-state index contributed by atoms with van der Waals surface area (Å²) in [4.78, 5) is 27.5. The number of anilines is 1. The van der Waals surface area contributed by atoms with Crippen molar-refractivity contribution in [2.45, 2.75) is 52.1 Å². The van der Waals surface area contributed by atoms with E-state index >= 15 is 0 Å². The maximum Gasteiger partial charge on any atom is 0.242 e. The molecule has 0 bridgehead atoms. The van der Waals surface area contributed by atoms with Crippen molar-refractivity contribution in [3.63, 3.8) is 0 Å². The van der Waals surface area contributed by atoms with Gasteiger partial charge in [0.05, 0.1) is 24.1 Å². The highest BCUT2D eigenvalue weighted by Crippen LogP contribution is 2.30. The standard InChI is InChI=1S/C26H36ClN3O5S/c1-5-6-16-28-26(32)20(2)29(19-21-11-8-7-9-12-21)25(31)13-10-17-30(36(4,33)34)22-14-15-24(35-3)23(27)18-22/h7-9,11-12,14-15,18,20H,5-6,10,13,16-17,19H2,1-4H3,(H,28,32). The third-order valence-electron chi connectivity index (χ3n) is 5.77. The van der Waals surface area contributed by atoms with Crippen LogP contribution in [-0.4, -0.2) is 57.6 Å². The molecule has 0 aromatic heterocycles. The molecular weight excluding hydrogens is 502 g/mol. The minimum atomic E-state index is -3.62. The van der Waals surface area contributed by atoms with Crippen molar-refractivity contribution in [1.82, 2.24) is 10.2 Å². The van der Waals surface area contributed by atoms with Gasteiger partial charge in [-0.05, 0) is 43.5 Å². The van der Waals surface area contributed by atoms with Crippen LogP contribution in [0.1, 0.15) is 45.1 Å². The fourth-order valence-corrected chi connectivity index (χ4v) is 4.92. The Morgan fingerprint density at radius 1 is 1.11 bits per heavy atom. The molecule has 0 aliphatic heterocycles. The Kier molecular flexibility index (Phi) is 11.5. The summed E-state index contributed by atoms with van der Waals surface area (Å²) in [5.41, 5.74) is 1.30. The van der Waals surface area contributed by atoms with Gasteiger partial charge in [-0.15, -0.1) is 0 Å². The van der Waals surface area contributed by atoms with Gasteiger partial charge in [0.1, 0.15) is 11.8 Å². The number of rotatable bonds is 14. The van der Waals surface area contributed by atoms with Gasteiger partial charge in [0.25, 0.3) is 0 Å². The lowest BCUT2D eigenvalue weighted by Gasteiger charge is -2.29. The van der Waals surface area contributed by atoms with Crippen LogP contribution in [0, 0.1) is 0 Å². The number of methoxy groups -OCH3 is 1. The van der Waals surface area contributed by atoms with E-state index < -0.39 is 16.1 Å². The molecular formula is C26H36ClN3O5S. The molecule has 2 aromatic carbocycles. The summed E-state index contributed by atoms with van der Waals surface area (Å²) in [7, 11) is -2.14. The van der Waals surface area contributed by atoms with Crippen molar-refractivity contribution in [3.05, 3.63) is 59.1 Å². The Balaban J connectivity index is 2.14. The molecule has 36 heavy (non-hydrogen) atoms. The molecule has 0 spiro atoms. The van der Waals surface area contributed by atoms with Crippen LogP contribution in [0.4, 0.5) is 5.69 Å². The zero-order valence-corrected chi connectivity index (χ0v) is 22.9. The maximum atomic E-state index is 13.3. The van der Waals surface area contributed by atoms with Crippen LogP contribution in [0.5, 0.6) is 5.75 Å². The Morgan fingerprint density at radius 3 is 2.39 bits per heavy atom. The molecule has 1 unspecified atom stereocenters. The smallest absolute Gasteiger partial charge is 0.242 e. The molecule has 0 saturated heterocycles. The molecule has 0 aliphatic rings. The SMILES string of the molecule is CCCCNC(=O)C(C)N(Cc1ccccc1)C(=O)CCCN(c1ccc(OC)c(Cl)c1)S(C)(=O)=O. The number of ether oxygens (including phenoxy) is 1. The predicted octanol–water partition coefficient (Wildman–Crippen LogP) is 4.23. The molecule has 0 radical (unpaired) electrons. The van der Waals surface area contributed by atoms with Crippen LogP contribution in [0.25, 0.3) is 0 Å². The summed E-state index contributed by atoms with van der Waals surface area (Å²) in [5.74, 6) is 0.00313. The van der Waals surface area contributed by atoms with Crippen LogP contribution >= 0.6 is 11.6 Å². The number of carbonyl (C=O) groups excluding carboxylic acids is 2. The second-order valence-corrected chi connectivity index (χ2v) is 10.9. The van der Waals surface area contributed by atoms with Crippen molar-refractivity contribution < 1.29 is 22.7 Å². The first-order valence-corrected chi connectivity index (χ1v) is 14.2. The van der Waals surface area contributed by atoms with Crippen LogP contribution in [-0.2, 0) is 26.2 Å². The van der Waals surface area contributed by atoms with E-state index in [2.05, 4.69) is 5.32 Å². The number of benzene rings is 2. The molecule has 2 amide bonds. The van der Waals surface area contributed by atoms with Crippen molar-refractivity contribution in [2.24, 2.45) is 0 Å². The number of unbranched alkanes of at least 4 members (excludes halogenated alkanes) is 1. The lowest BCUT2D eigenvalue weighted by Crippen LogP contribution is -2.47. The maximum absolute atomic E-state index is 13.3. The molecule has 1 N–H and O–H groups in total. The van der Waals surface area contributed by atoms with Crippen LogP contribution in [0.2, 0.25) is 5.02 Å². The lowest BCUT2D eigenvalue weighted by molar-refractivity contribution is -0.140. The van der Waals surface area contributed by atoms with Crippen LogP contribution in [0.3, 0.4) is 0 Å². The number of halogens is 1. The lowest BCUT2D eigenvalue weighted by atomic mass is 10.1. The summed E-state index contributed by atoms with van der Waals surface area (Å²) in [6.07, 6.45) is 3.27. The van der Waals surface area contributed by atoms with E-state index in [-0.39, 0.29) is 42.8 Å². The van der Waals surface area contributed by atoms with Crippen LogP contribution in [0.15, 0.2) is 48.5 Å². The molecule has 10 heteroatoms. The summed E-state index contributed by atoms with van der Waals surface area (Å²) >= 11 is 6.19. The Labute approximate surface area is 219 Å². The van der Waals surface area contributed by atoms with E-state index in [1.54, 1.807) is 24.0 Å². The fourth-order valence-electron chi connectivity index (χ4n) is 3.71. The Morgan fingerprint density at radius 2 is 1.81 bits per heavy atom. The minimum absolute atomic E-state index is 0.0787. The van der Waals surface area contributed by atoms with E-state index in [1.165, 1.54) is 17.5 Å². The van der Waals surface area contributed by atoms with E-state index in [1.807, 2.05) is 37.3 Å². The molecule has 0 saturated carbocycles. The molecule has 198 valence electrons. The van der Waals surface area contributed by atoms with Crippen LogP contribution < -0.4 is 14.4 Å². The number of hydrogen-bond acceptors (Lipinski definition) is 5. The average Bonchev–Trinajstić information content (AvgIpc) is 2.84. The van der Waals surface area contributed by atoms with Gasteiger partial charge in [-0.25, -0.2) is 8.42 Å². The van der Waals surface area contributed by atoms with Gasteiger partial charge in [0.2, 0.25) is 21.8 Å². The first-order valence-electron chi connectivity index (χ1n) is 12.0. The van der Waals surface area contributed by atoms with Gasteiger partial charge >= 0.3 is 0 Å². The molecule has 0 heterocycles. The third kappa shape index (κ3) is 8.71. The zero-order chi connectivity index (χ0) is 26.7. The molecule has 2 rings (SSSR count). The highest BCUT2D eigenvalue weighted by Gasteiger charge is 2.26. The molecule has 0 aliphatic carbocycles. The van der Waals surface area contributed by atoms with E-state index in [9.17, 15) is 18.0 Å². The predicted molar refractivity (Wildman–Crippen MR) is 144 cm³/mol. The highest BCUT2D eigenvalue weighted by molar-refractivity contribution is 7.92. The topological polar surface area (TPSA) is 96.0 Å². The molecule has 8 nitrogen and oxygen atoms in total. The monoisotopic (exact) mass is 537 g/mol. The highest BCUT2D eigenvalue weighted by atomic mass is 35.5. The fraction of sp³-hybridized carbons (Fsp3) is 0.462. The number of hydrogen-bond donors (Lipinski definition) is 1. The van der Waals surface area contributed by atoms with Crippen molar-refractivity contribution >= 4 is 39.1 Å². The normalized spacial score (nSPS) is 12.0. The van der Waals surface area contributed by atoms with Gasteiger partial charge < -0.3 is 15.0 Å². The Bertz CT molecular complexity index is 1110. The number of sulfonamides is 1. The van der Waals surface area contributed by atoms with Gasteiger partial charge in [0, 0.05) is 26.1 Å². The van der Waals surface area contributed by atoms with Gasteiger partial charge in [-0.2, -0.15) is 0 Å². The minimum Gasteiger partial charge on any atom is -0.495 e. The van der Waals surface area contributed by atoms with Gasteiger partial charge in [-0.1, -0.05) is 55.3 Å². The third-order valence-corrected chi connectivity index (χ3v) is 7.26. The number of amides is 2. The van der Waals surface area contributed by atoms with E-state index in [4.69, 9.17) is 16.3 Å². The quantitative estimate of drug-likeness (QED) is 0.364. The number of nitrogens with one attached hydrogen (secondary N) is 1. The first-order chi connectivity index (χ1) is 17.1. The second-order valence-electron chi connectivity index (χ2n) is 8.59.